The van der Waals surface area contributed by atoms with Crippen molar-refractivity contribution in [2.45, 2.75) is 51.7 Å². The van der Waals surface area contributed by atoms with Crippen molar-refractivity contribution < 1.29 is 13.2 Å². The average Bonchev–Trinajstić information content (AvgIpc) is 2.34. The number of alkyl halides is 3. The second-order valence-corrected chi connectivity index (χ2v) is 5.50. The fourth-order valence-corrected chi connectivity index (χ4v) is 2.29. The Morgan fingerprint density at radius 2 is 1.95 bits per heavy atom. The molecule has 108 valence electrons. The van der Waals surface area contributed by atoms with Gasteiger partial charge in [-0.05, 0) is 31.0 Å². The molecule has 0 fully saturated rings. The molecular formula is C14H19BrF3N. The van der Waals surface area contributed by atoms with E-state index in [2.05, 4.69) is 28.2 Å². The van der Waals surface area contributed by atoms with Gasteiger partial charge in [0.05, 0.1) is 5.56 Å². The van der Waals surface area contributed by atoms with Gasteiger partial charge in [0.2, 0.25) is 0 Å². The van der Waals surface area contributed by atoms with Gasteiger partial charge in [0.1, 0.15) is 0 Å². The van der Waals surface area contributed by atoms with Gasteiger partial charge in [0, 0.05) is 16.2 Å². The van der Waals surface area contributed by atoms with Crippen molar-refractivity contribution in [3.05, 3.63) is 28.2 Å². The van der Waals surface area contributed by atoms with E-state index in [0.717, 1.165) is 31.7 Å². The molecule has 0 aliphatic heterocycles. The predicted molar refractivity (Wildman–Crippen MR) is 76.4 cm³/mol. The van der Waals surface area contributed by atoms with Crippen molar-refractivity contribution in [3.8, 4) is 0 Å². The van der Waals surface area contributed by atoms with E-state index < -0.39 is 11.7 Å². The highest BCUT2D eigenvalue weighted by molar-refractivity contribution is 9.10. The van der Waals surface area contributed by atoms with E-state index in [1.54, 1.807) is 6.07 Å². The Balaban J connectivity index is 2.93. The summed E-state index contributed by atoms with van der Waals surface area (Å²) in [6.45, 7) is 4.06. The van der Waals surface area contributed by atoms with Crippen molar-refractivity contribution in [2.75, 3.05) is 5.32 Å². The summed E-state index contributed by atoms with van der Waals surface area (Å²) in [5.74, 6) is 0. The minimum Gasteiger partial charge on any atom is -0.382 e. The summed E-state index contributed by atoms with van der Waals surface area (Å²) in [4.78, 5) is 0. The number of anilines is 1. The lowest BCUT2D eigenvalue weighted by Gasteiger charge is -2.21. The summed E-state index contributed by atoms with van der Waals surface area (Å²) in [6, 6.07) is 4.32. The van der Waals surface area contributed by atoms with E-state index in [-0.39, 0.29) is 11.7 Å². The van der Waals surface area contributed by atoms with Crippen molar-refractivity contribution >= 4 is 21.6 Å². The molecule has 0 radical (unpaired) electrons. The van der Waals surface area contributed by atoms with Gasteiger partial charge in [-0.15, -0.1) is 0 Å². The molecule has 1 N–H and O–H groups in total. The third kappa shape index (κ3) is 5.05. The summed E-state index contributed by atoms with van der Waals surface area (Å²) in [7, 11) is 0. The van der Waals surface area contributed by atoms with Crippen molar-refractivity contribution in [2.24, 2.45) is 0 Å². The Labute approximate surface area is 120 Å². The molecule has 0 aliphatic carbocycles. The molecule has 1 aromatic carbocycles. The van der Waals surface area contributed by atoms with E-state index in [1.807, 2.05) is 6.92 Å². The topological polar surface area (TPSA) is 12.0 Å². The quantitative estimate of drug-likeness (QED) is 0.686. The minimum atomic E-state index is -4.34. The maximum atomic E-state index is 13.0. The number of halogens is 4. The average molecular weight is 338 g/mol. The Morgan fingerprint density at radius 3 is 2.47 bits per heavy atom. The van der Waals surface area contributed by atoms with Crippen LogP contribution in [0.4, 0.5) is 18.9 Å². The molecule has 1 rings (SSSR count). The first-order chi connectivity index (χ1) is 8.88. The number of hydrogen-bond donors (Lipinski definition) is 1. The van der Waals surface area contributed by atoms with Gasteiger partial charge in [-0.25, -0.2) is 0 Å². The molecule has 0 bridgehead atoms. The van der Waals surface area contributed by atoms with Crippen LogP contribution >= 0.6 is 15.9 Å². The molecule has 0 aromatic heterocycles. The Bertz CT molecular complexity index is 404. The standard InChI is InChI=1S/C14H19BrF3N/c1-3-5-6-11(4-2)19-13-8-7-10(15)9-12(13)14(16,17)18/h7-9,11,19H,3-6H2,1-2H3. The summed E-state index contributed by atoms with van der Waals surface area (Å²) >= 11 is 3.09. The van der Waals surface area contributed by atoms with Crippen molar-refractivity contribution in [1.82, 2.24) is 0 Å². The molecule has 0 amide bonds. The van der Waals surface area contributed by atoms with Crippen LogP contribution in [0.1, 0.15) is 45.1 Å². The van der Waals surface area contributed by atoms with Crippen LogP contribution < -0.4 is 5.32 Å². The van der Waals surface area contributed by atoms with E-state index in [0.29, 0.717) is 4.47 Å². The largest absolute Gasteiger partial charge is 0.418 e. The van der Waals surface area contributed by atoms with Gasteiger partial charge in [-0.2, -0.15) is 13.2 Å². The highest BCUT2D eigenvalue weighted by atomic mass is 79.9. The summed E-state index contributed by atoms with van der Waals surface area (Å²) in [5.41, 5.74) is -0.449. The molecule has 0 saturated heterocycles. The lowest BCUT2D eigenvalue weighted by Crippen LogP contribution is -2.21. The fourth-order valence-electron chi connectivity index (χ4n) is 1.93. The van der Waals surface area contributed by atoms with Crippen LogP contribution in [0.5, 0.6) is 0 Å². The summed E-state index contributed by atoms with van der Waals surface area (Å²) in [6.07, 6.45) is -0.573. The van der Waals surface area contributed by atoms with Crippen LogP contribution in [0.3, 0.4) is 0 Å². The summed E-state index contributed by atoms with van der Waals surface area (Å²) < 4.78 is 39.4. The molecule has 1 unspecified atom stereocenters. The second-order valence-electron chi connectivity index (χ2n) is 4.58. The summed E-state index contributed by atoms with van der Waals surface area (Å²) in [5, 5.41) is 3.03. The number of unbranched alkanes of at least 4 members (excludes halogenated alkanes) is 1. The zero-order valence-electron chi connectivity index (χ0n) is 11.1. The number of hydrogen-bond acceptors (Lipinski definition) is 1. The van der Waals surface area contributed by atoms with Crippen molar-refractivity contribution in [3.63, 3.8) is 0 Å². The van der Waals surface area contributed by atoms with E-state index in [1.165, 1.54) is 6.07 Å². The maximum Gasteiger partial charge on any atom is 0.418 e. The molecule has 5 heteroatoms. The lowest BCUT2D eigenvalue weighted by atomic mass is 10.1. The minimum absolute atomic E-state index is 0.0854. The Morgan fingerprint density at radius 1 is 1.26 bits per heavy atom. The Kier molecular flexibility index (Phi) is 6.17. The zero-order chi connectivity index (χ0) is 14.5. The molecule has 19 heavy (non-hydrogen) atoms. The Hall–Kier alpha value is -0.710. The molecule has 0 heterocycles. The number of benzene rings is 1. The van der Waals surface area contributed by atoms with Crippen LogP contribution in [-0.2, 0) is 6.18 Å². The number of rotatable bonds is 6. The van der Waals surface area contributed by atoms with Gasteiger partial charge in [-0.3, -0.25) is 0 Å². The van der Waals surface area contributed by atoms with Gasteiger partial charge in [-0.1, -0.05) is 42.6 Å². The lowest BCUT2D eigenvalue weighted by molar-refractivity contribution is -0.137. The van der Waals surface area contributed by atoms with Crippen LogP contribution in [0.15, 0.2) is 22.7 Å². The maximum absolute atomic E-state index is 13.0. The van der Waals surface area contributed by atoms with Gasteiger partial charge < -0.3 is 5.32 Å². The molecule has 1 nitrogen and oxygen atoms in total. The third-order valence-electron chi connectivity index (χ3n) is 3.05. The highest BCUT2D eigenvalue weighted by Crippen LogP contribution is 2.37. The molecule has 0 spiro atoms. The van der Waals surface area contributed by atoms with Gasteiger partial charge in [0.15, 0.2) is 0 Å². The fraction of sp³-hybridized carbons (Fsp3) is 0.571. The van der Waals surface area contributed by atoms with E-state index >= 15 is 0 Å². The van der Waals surface area contributed by atoms with Gasteiger partial charge >= 0.3 is 6.18 Å². The van der Waals surface area contributed by atoms with Crippen LogP contribution in [0, 0.1) is 0 Å². The normalized spacial score (nSPS) is 13.4. The molecule has 0 aliphatic rings. The monoisotopic (exact) mass is 337 g/mol. The second kappa shape index (κ2) is 7.17. The number of nitrogens with one attached hydrogen (secondary N) is 1. The first-order valence-electron chi connectivity index (χ1n) is 6.51. The first-order valence-corrected chi connectivity index (χ1v) is 7.31. The SMILES string of the molecule is CCCCC(CC)Nc1ccc(Br)cc1C(F)(F)F. The van der Waals surface area contributed by atoms with Crippen LogP contribution in [0.25, 0.3) is 0 Å². The first kappa shape index (κ1) is 16.3. The van der Waals surface area contributed by atoms with E-state index in [4.69, 9.17) is 0 Å². The zero-order valence-corrected chi connectivity index (χ0v) is 12.7. The highest BCUT2D eigenvalue weighted by Gasteiger charge is 2.34. The molecule has 1 atom stereocenters. The molecule has 1 aromatic rings. The van der Waals surface area contributed by atoms with E-state index in [9.17, 15) is 13.2 Å². The van der Waals surface area contributed by atoms with Crippen molar-refractivity contribution in [1.29, 1.82) is 0 Å². The van der Waals surface area contributed by atoms with Crippen LogP contribution in [0.2, 0.25) is 0 Å². The van der Waals surface area contributed by atoms with Gasteiger partial charge in [0.25, 0.3) is 0 Å². The third-order valence-corrected chi connectivity index (χ3v) is 3.54. The molecular weight excluding hydrogens is 319 g/mol. The molecule has 0 saturated carbocycles. The predicted octanol–water partition coefficient (Wildman–Crippen LogP) is 5.85. The smallest absolute Gasteiger partial charge is 0.382 e. The van der Waals surface area contributed by atoms with Crippen LogP contribution in [-0.4, -0.2) is 6.04 Å².